The van der Waals surface area contributed by atoms with E-state index in [4.69, 9.17) is 9.47 Å². The molecule has 2 aliphatic heterocycles. The monoisotopic (exact) mass is 390 g/mol. The Labute approximate surface area is 166 Å². The lowest BCUT2D eigenvalue weighted by Crippen LogP contribution is -2.50. The molecule has 0 radical (unpaired) electrons. The van der Waals surface area contributed by atoms with Gasteiger partial charge in [0.15, 0.2) is 0 Å². The maximum absolute atomic E-state index is 13.0. The van der Waals surface area contributed by atoms with Gasteiger partial charge in [-0.25, -0.2) is 14.8 Å². The normalized spacial score (nSPS) is 21.3. The van der Waals surface area contributed by atoms with E-state index in [-0.39, 0.29) is 24.0 Å². The average Bonchev–Trinajstić information content (AvgIpc) is 2.68. The first-order valence-corrected chi connectivity index (χ1v) is 10.0. The van der Waals surface area contributed by atoms with Crippen molar-refractivity contribution >= 4 is 12.0 Å². The molecule has 2 amide bonds. The third kappa shape index (κ3) is 5.56. The Morgan fingerprint density at radius 2 is 1.86 bits per heavy atom. The summed E-state index contributed by atoms with van der Waals surface area (Å²) in [5, 5.41) is 0. The van der Waals surface area contributed by atoms with Gasteiger partial charge in [-0.2, -0.15) is 0 Å². The number of carbonyl (C=O) groups is 2. The average molecular weight is 390 g/mol. The van der Waals surface area contributed by atoms with E-state index in [2.05, 4.69) is 9.97 Å². The van der Waals surface area contributed by atoms with E-state index in [1.807, 2.05) is 25.7 Å². The van der Waals surface area contributed by atoms with Crippen LogP contribution >= 0.6 is 0 Å². The predicted molar refractivity (Wildman–Crippen MR) is 103 cm³/mol. The minimum Gasteiger partial charge on any atom is -0.474 e. The molecule has 0 bridgehead atoms. The van der Waals surface area contributed by atoms with Gasteiger partial charge >= 0.3 is 6.09 Å². The minimum atomic E-state index is -0.528. The van der Waals surface area contributed by atoms with Crippen LogP contribution in [0.3, 0.4) is 0 Å². The zero-order valence-electron chi connectivity index (χ0n) is 17.0. The Balaban J connectivity index is 1.48. The van der Waals surface area contributed by atoms with Gasteiger partial charge in [-0.15, -0.1) is 0 Å². The molecule has 2 aliphatic rings. The highest BCUT2D eigenvalue weighted by atomic mass is 16.6. The zero-order chi connectivity index (χ0) is 20.1. The molecule has 3 rings (SSSR count). The van der Waals surface area contributed by atoms with Crippen LogP contribution in [0.4, 0.5) is 4.79 Å². The molecule has 1 aromatic heterocycles. The molecule has 3 heterocycles. The van der Waals surface area contributed by atoms with Crippen LogP contribution in [0.25, 0.3) is 0 Å². The topological polar surface area (TPSA) is 84.9 Å². The van der Waals surface area contributed by atoms with Gasteiger partial charge in [0, 0.05) is 51.3 Å². The van der Waals surface area contributed by atoms with E-state index in [9.17, 15) is 9.59 Å². The summed E-state index contributed by atoms with van der Waals surface area (Å²) in [4.78, 5) is 36.8. The number of rotatable bonds is 3. The number of piperidine rings is 2. The Bertz CT molecular complexity index is 669. The van der Waals surface area contributed by atoms with E-state index in [1.54, 1.807) is 17.2 Å². The second-order valence-corrected chi connectivity index (χ2v) is 8.46. The van der Waals surface area contributed by atoms with Gasteiger partial charge in [0.05, 0.1) is 5.92 Å². The summed E-state index contributed by atoms with van der Waals surface area (Å²) < 4.78 is 11.3. The number of carbonyl (C=O) groups excluding carboxylic acids is 2. The van der Waals surface area contributed by atoms with Crippen LogP contribution in [0.5, 0.6) is 5.88 Å². The van der Waals surface area contributed by atoms with Gasteiger partial charge in [0.2, 0.25) is 11.8 Å². The van der Waals surface area contributed by atoms with E-state index in [1.165, 1.54) is 6.33 Å². The molecule has 28 heavy (non-hydrogen) atoms. The Morgan fingerprint density at radius 3 is 2.50 bits per heavy atom. The van der Waals surface area contributed by atoms with Gasteiger partial charge in [-0.05, 0) is 33.6 Å². The summed E-state index contributed by atoms with van der Waals surface area (Å²) in [6, 6.07) is 1.74. The summed E-state index contributed by atoms with van der Waals surface area (Å²) in [6.45, 7) is 7.97. The van der Waals surface area contributed by atoms with Crippen molar-refractivity contribution in [1.29, 1.82) is 0 Å². The van der Waals surface area contributed by atoms with Crippen LogP contribution in [0, 0.1) is 5.92 Å². The van der Waals surface area contributed by atoms with Crippen LogP contribution in [0.1, 0.15) is 46.5 Å². The molecule has 1 atom stereocenters. The lowest BCUT2D eigenvalue weighted by atomic mass is 9.95. The maximum Gasteiger partial charge on any atom is 0.410 e. The number of amides is 2. The van der Waals surface area contributed by atoms with E-state index < -0.39 is 5.60 Å². The Kier molecular flexibility index (Phi) is 6.36. The van der Waals surface area contributed by atoms with Crippen molar-refractivity contribution in [3.63, 3.8) is 0 Å². The van der Waals surface area contributed by atoms with Crippen LogP contribution in [-0.2, 0) is 9.53 Å². The Hall–Kier alpha value is -2.38. The first-order chi connectivity index (χ1) is 13.3. The van der Waals surface area contributed by atoms with Crippen LogP contribution in [0.15, 0.2) is 18.6 Å². The summed E-state index contributed by atoms with van der Waals surface area (Å²) in [6.07, 6.45) is 6.04. The molecule has 1 unspecified atom stereocenters. The number of aromatic nitrogens is 2. The van der Waals surface area contributed by atoms with Gasteiger partial charge in [0.1, 0.15) is 18.0 Å². The Morgan fingerprint density at radius 1 is 1.11 bits per heavy atom. The smallest absolute Gasteiger partial charge is 0.410 e. The number of hydrogen-bond acceptors (Lipinski definition) is 6. The van der Waals surface area contributed by atoms with Gasteiger partial charge in [-0.3, -0.25) is 4.79 Å². The minimum absolute atomic E-state index is 0.0589. The molecular formula is C20H30N4O4. The first-order valence-electron chi connectivity index (χ1n) is 10.0. The van der Waals surface area contributed by atoms with Crippen molar-refractivity contribution in [2.45, 2.75) is 58.2 Å². The lowest BCUT2D eigenvalue weighted by molar-refractivity contribution is -0.139. The third-order valence-corrected chi connectivity index (χ3v) is 5.02. The highest BCUT2D eigenvalue weighted by Gasteiger charge is 2.34. The number of hydrogen-bond donors (Lipinski definition) is 0. The van der Waals surface area contributed by atoms with E-state index in [0.29, 0.717) is 32.1 Å². The highest BCUT2D eigenvalue weighted by molar-refractivity contribution is 5.80. The number of likely N-dealkylation sites (tertiary alicyclic amines) is 2. The SMILES string of the molecule is CC(C)(C)OC(=O)N1CCCC(C(=O)N2CCC(Oc3ccncn3)CC2)C1. The molecule has 0 N–H and O–H groups in total. The highest BCUT2D eigenvalue weighted by Crippen LogP contribution is 2.24. The van der Waals surface area contributed by atoms with Crippen molar-refractivity contribution in [3.8, 4) is 5.88 Å². The molecule has 2 saturated heterocycles. The van der Waals surface area contributed by atoms with E-state index in [0.717, 1.165) is 25.7 Å². The largest absolute Gasteiger partial charge is 0.474 e. The molecule has 0 spiro atoms. The molecular weight excluding hydrogens is 360 g/mol. The standard InChI is InChI=1S/C20H30N4O4/c1-20(2,3)28-19(26)24-10-4-5-15(13-24)18(25)23-11-7-16(8-12-23)27-17-6-9-21-14-22-17/h6,9,14-16H,4-5,7-8,10-13H2,1-3H3. The second kappa shape index (κ2) is 8.75. The molecule has 1 aromatic rings. The van der Waals surface area contributed by atoms with Crippen molar-refractivity contribution in [2.24, 2.45) is 5.92 Å². The van der Waals surface area contributed by atoms with Crippen molar-refractivity contribution < 1.29 is 19.1 Å². The molecule has 2 fully saturated rings. The molecule has 8 nitrogen and oxygen atoms in total. The fourth-order valence-corrected chi connectivity index (χ4v) is 3.64. The van der Waals surface area contributed by atoms with Crippen molar-refractivity contribution in [3.05, 3.63) is 18.6 Å². The molecule has 154 valence electrons. The molecule has 8 heteroatoms. The number of nitrogens with zero attached hydrogens (tertiary/aromatic N) is 4. The van der Waals surface area contributed by atoms with Gasteiger partial charge in [-0.1, -0.05) is 0 Å². The third-order valence-electron chi connectivity index (χ3n) is 5.02. The van der Waals surface area contributed by atoms with Crippen LogP contribution in [0.2, 0.25) is 0 Å². The fourth-order valence-electron chi connectivity index (χ4n) is 3.64. The summed E-state index contributed by atoms with van der Waals surface area (Å²) >= 11 is 0. The van der Waals surface area contributed by atoms with Crippen LogP contribution < -0.4 is 4.74 Å². The maximum atomic E-state index is 13.0. The summed E-state index contributed by atoms with van der Waals surface area (Å²) in [5.41, 5.74) is -0.528. The van der Waals surface area contributed by atoms with Gasteiger partial charge in [0.25, 0.3) is 0 Å². The summed E-state index contributed by atoms with van der Waals surface area (Å²) in [5.74, 6) is 0.550. The predicted octanol–water partition coefficient (Wildman–Crippen LogP) is 2.49. The second-order valence-electron chi connectivity index (χ2n) is 8.46. The van der Waals surface area contributed by atoms with Crippen LogP contribution in [-0.4, -0.2) is 69.7 Å². The first kappa shape index (κ1) is 20.4. The van der Waals surface area contributed by atoms with Gasteiger partial charge < -0.3 is 19.3 Å². The lowest BCUT2D eigenvalue weighted by Gasteiger charge is -2.38. The number of ether oxygens (including phenoxy) is 2. The quantitative estimate of drug-likeness (QED) is 0.788. The molecule has 0 aliphatic carbocycles. The zero-order valence-corrected chi connectivity index (χ0v) is 17.0. The molecule has 0 saturated carbocycles. The summed E-state index contributed by atoms with van der Waals surface area (Å²) in [7, 11) is 0. The van der Waals surface area contributed by atoms with E-state index >= 15 is 0 Å². The molecule has 0 aromatic carbocycles. The fraction of sp³-hybridized carbons (Fsp3) is 0.700. The van der Waals surface area contributed by atoms with Crippen molar-refractivity contribution in [2.75, 3.05) is 26.2 Å². The van der Waals surface area contributed by atoms with Crippen molar-refractivity contribution in [1.82, 2.24) is 19.8 Å².